The molecule has 15 rings (SSSR count). The van der Waals surface area contributed by atoms with E-state index in [0.717, 1.165) is 0 Å². The molecule has 0 heteroatoms. The second-order valence-corrected chi connectivity index (χ2v) is 20.0. The van der Waals surface area contributed by atoms with E-state index in [0.29, 0.717) is 0 Å². The van der Waals surface area contributed by atoms with Gasteiger partial charge in [-0.15, -0.1) is 0 Å². The molecule has 0 N–H and O–H groups in total. The van der Waals surface area contributed by atoms with Crippen molar-refractivity contribution in [2.45, 2.75) is 0 Å². The fourth-order valence-electron chi connectivity index (χ4n) is 12.2. The molecule has 0 unspecified atom stereocenters. The molecule has 0 amide bonds. The zero-order chi connectivity index (χ0) is 48.7. The zero-order valence-corrected chi connectivity index (χ0v) is 40.6. The summed E-state index contributed by atoms with van der Waals surface area (Å²) in [6.07, 6.45) is 0. The third-order valence-electron chi connectivity index (χ3n) is 15.7. The molecule has 74 heavy (non-hydrogen) atoms. The van der Waals surface area contributed by atoms with Crippen LogP contribution in [0.2, 0.25) is 0 Å². The topological polar surface area (TPSA) is 0 Å². The third kappa shape index (κ3) is 6.99. The zero-order valence-electron chi connectivity index (χ0n) is 40.6. The summed E-state index contributed by atoms with van der Waals surface area (Å²) in [4.78, 5) is 0. The monoisotopic (exact) mass is 934 g/mol. The molecule has 0 aromatic heterocycles. The molecular weight excluding hydrogens is 889 g/mol. The first-order chi connectivity index (χ1) is 36.6. The standard InChI is InChI=1S/C74H46/c1-4-23-62-47(14-1)30-32-58-40-51(34-36-65(58)62)50-19-13-22-60(41-50)74-66-37-35-52(48-17-11-20-54(38-48)71-45-56-15-2-5-24-63(56)67-26-7-9-28-69(67)71)42-61(66)43-59-33-31-53(44-73(59)74)49-18-12-21-55(39-49)72-46-57-16-3-6-25-64(57)68-27-8-10-29-70(68)72/h1-46H. The molecule has 342 valence electrons. The molecule has 15 aromatic rings. The van der Waals surface area contributed by atoms with Crippen LogP contribution in [0.25, 0.3) is 153 Å². The summed E-state index contributed by atoms with van der Waals surface area (Å²) in [5.41, 5.74) is 14.6. The molecule has 0 saturated heterocycles. The van der Waals surface area contributed by atoms with Crippen LogP contribution < -0.4 is 0 Å². The largest absolute Gasteiger partial charge is 0.0616 e. The quantitative estimate of drug-likeness (QED) is 0.115. The van der Waals surface area contributed by atoms with E-state index in [1.165, 1.54) is 153 Å². The van der Waals surface area contributed by atoms with Crippen molar-refractivity contribution in [2.75, 3.05) is 0 Å². The van der Waals surface area contributed by atoms with E-state index in [9.17, 15) is 0 Å². The Balaban J connectivity index is 0.894. The summed E-state index contributed by atoms with van der Waals surface area (Å²) >= 11 is 0. The first-order valence-corrected chi connectivity index (χ1v) is 25.7. The summed E-state index contributed by atoms with van der Waals surface area (Å²) in [5, 5.41) is 20.1. The number of hydrogen-bond acceptors (Lipinski definition) is 0. The highest BCUT2D eigenvalue weighted by molar-refractivity contribution is 6.17. The van der Waals surface area contributed by atoms with E-state index in [1.54, 1.807) is 0 Å². The number of fused-ring (bicyclic) bond motifs is 11. The van der Waals surface area contributed by atoms with Gasteiger partial charge < -0.3 is 0 Å². The van der Waals surface area contributed by atoms with Crippen molar-refractivity contribution in [2.24, 2.45) is 0 Å². The Morgan fingerprint density at radius 1 is 0.135 bits per heavy atom. The van der Waals surface area contributed by atoms with Gasteiger partial charge in [0.1, 0.15) is 0 Å². The molecule has 15 aromatic carbocycles. The second kappa shape index (κ2) is 17.0. The Morgan fingerprint density at radius 2 is 0.486 bits per heavy atom. The van der Waals surface area contributed by atoms with Crippen LogP contribution in [-0.2, 0) is 0 Å². The lowest BCUT2D eigenvalue weighted by Gasteiger charge is -2.17. The molecular formula is C74H46. The van der Waals surface area contributed by atoms with E-state index in [-0.39, 0.29) is 0 Å². The van der Waals surface area contributed by atoms with Crippen LogP contribution in [0, 0.1) is 0 Å². The van der Waals surface area contributed by atoms with Gasteiger partial charge >= 0.3 is 0 Å². The minimum atomic E-state index is 1.19. The maximum Gasteiger partial charge on any atom is -0.00264 e. The fourth-order valence-corrected chi connectivity index (χ4v) is 12.2. The first-order valence-electron chi connectivity index (χ1n) is 25.7. The van der Waals surface area contributed by atoms with Crippen molar-refractivity contribution < 1.29 is 0 Å². The van der Waals surface area contributed by atoms with Gasteiger partial charge in [-0.3, -0.25) is 0 Å². The molecule has 0 spiro atoms. The summed E-state index contributed by atoms with van der Waals surface area (Å²) in [6, 6.07) is 104. The fraction of sp³-hybridized carbons (Fsp3) is 0. The van der Waals surface area contributed by atoms with Crippen molar-refractivity contribution in [1.29, 1.82) is 0 Å². The minimum Gasteiger partial charge on any atom is -0.0616 e. The van der Waals surface area contributed by atoms with Gasteiger partial charge in [-0.2, -0.15) is 0 Å². The molecule has 0 fully saturated rings. The average Bonchev–Trinajstić information content (AvgIpc) is 3.49. The van der Waals surface area contributed by atoms with E-state index in [4.69, 9.17) is 0 Å². The predicted molar refractivity (Wildman–Crippen MR) is 319 cm³/mol. The molecule has 0 nitrogen and oxygen atoms in total. The number of benzene rings is 15. The Morgan fingerprint density at radius 3 is 1.08 bits per heavy atom. The molecule has 0 radical (unpaired) electrons. The molecule has 0 aliphatic rings. The Kier molecular flexibility index (Phi) is 9.68. The van der Waals surface area contributed by atoms with Crippen molar-refractivity contribution in [3.8, 4) is 66.8 Å². The van der Waals surface area contributed by atoms with Crippen LogP contribution in [0.4, 0.5) is 0 Å². The van der Waals surface area contributed by atoms with E-state index < -0.39 is 0 Å². The molecule has 0 aliphatic heterocycles. The van der Waals surface area contributed by atoms with Gasteiger partial charge in [0, 0.05) is 0 Å². The van der Waals surface area contributed by atoms with E-state index in [1.807, 2.05) is 0 Å². The lowest BCUT2D eigenvalue weighted by Crippen LogP contribution is -1.90. The van der Waals surface area contributed by atoms with Crippen LogP contribution in [0.15, 0.2) is 279 Å². The van der Waals surface area contributed by atoms with Gasteiger partial charge in [0.2, 0.25) is 0 Å². The Hall–Kier alpha value is -9.62. The van der Waals surface area contributed by atoms with Crippen LogP contribution in [-0.4, -0.2) is 0 Å². The van der Waals surface area contributed by atoms with Crippen molar-refractivity contribution >= 4 is 86.2 Å². The third-order valence-corrected chi connectivity index (χ3v) is 15.7. The van der Waals surface area contributed by atoms with Gasteiger partial charge in [-0.1, -0.05) is 224 Å². The number of rotatable bonds is 6. The highest BCUT2D eigenvalue weighted by atomic mass is 14.2. The van der Waals surface area contributed by atoms with Gasteiger partial charge in [-0.05, 0) is 208 Å². The van der Waals surface area contributed by atoms with Crippen LogP contribution in [0.5, 0.6) is 0 Å². The Labute approximate surface area is 429 Å². The molecule has 0 atom stereocenters. The van der Waals surface area contributed by atoms with E-state index in [2.05, 4.69) is 279 Å². The maximum atomic E-state index is 2.43. The molecule has 0 saturated carbocycles. The average molecular weight is 935 g/mol. The van der Waals surface area contributed by atoms with Gasteiger partial charge in [0.25, 0.3) is 0 Å². The SMILES string of the molecule is c1cc(-c2ccc3c(ccc4ccccc43)c2)cc(-c2c3ccc(-c4cccc(-c5cc6ccccc6c6ccccc56)c4)cc3cc3ccc(-c4cccc(-c5cc6ccccc6c6ccccc56)c4)cc23)c1. The van der Waals surface area contributed by atoms with Gasteiger partial charge in [-0.25, -0.2) is 0 Å². The van der Waals surface area contributed by atoms with Crippen molar-refractivity contribution in [1.82, 2.24) is 0 Å². The summed E-state index contributed by atoms with van der Waals surface area (Å²) < 4.78 is 0. The lowest BCUT2D eigenvalue weighted by molar-refractivity contribution is 1.61. The highest BCUT2D eigenvalue weighted by Crippen LogP contribution is 2.44. The lowest BCUT2D eigenvalue weighted by atomic mass is 9.87. The van der Waals surface area contributed by atoms with E-state index >= 15 is 0 Å². The normalized spacial score (nSPS) is 11.8. The van der Waals surface area contributed by atoms with Gasteiger partial charge in [0.05, 0.1) is 0 Å². The van der Waals surface area contributed by atoms with Crippen molar-refractivity contribution in [3.63, 3.8) is 0 Å². The molecule has 0 heterocycles. The van der Waals surface area contributed by atoms with Crippen LogP contribution in [0.3, 0.4) is 0 Å². The maximum absolute atomic E-state index is 2.43. The first kappa shape index (κ1) is 42.1. The summed E-state index contributed by atoms with van der Waals surface area (Å²) in [7, 11) is 0. The second-order valence-electron chi connectivity index (χ2n) is 20.0. The number of hydrogen-bond donors (Lipinski definition) is 0. The summed E-state index contributed by atoms with van der Waals surface area (Å²) in [5.74, 6) is 0. The van der Waals surface area contributed by atoms with Gasteiger partial charge in [0.15, 0.2) is 0 Å². The molecule has 0 bridgehead atoms. The highest BCUT2D eigenvalue weighted by Gasteiger charge is 2.17. The smallest absolute Gasteiger partial charge is 0.00264 e. The summed E-state index contributed by atoms with van der Waals surface area (Å²) in [6.45, 7) is 0. The predicted octanol–water partition coefficient (Wildman–Crippen LogP) is 20.9. The van der Waals surface area contributed by atoms with Crippen LogP contribution in [0.1, 0.15) is 0 Å². The van der Waals surface area contributed by atoms with Crippen molar-refractivity contribution in [3.05, 3.63) is 279 Å². The molecule has 0 aliphatic carbocycles. The Bertz CT molecular complexity index is 4780. The van der Waals surface area contributed by atoms with Crippen LogP contribution >= 0.6 is 0 Å². The minimum absolute atomic E-state index is 1.19.